The van der Waals surface area contributed by atoms with E-state index in [1.54, 1.807) is 31.0 Å². The summed E-state index contributed by atoms with van der Waals surface area (Å²) in [4.78, 5) is 12.5. The van der Waals surface area contributed by atoms with Crippen LogP contribution in [0.15, 0.2) is 78.0 Å². The van der Waals surface area contributed by atoms with Crippen molar-refractivity contribution in [1.29, 1.82) is 0 Å². The second-order valence-electron chi connectivity index (χ2n) is 5.76. The van der Waals surface area contributed by atoms with E-state index < -0.39 is 0 Å². The lowest BCUT2D eigenvalue weighted by Crippen LogP contribution is -1.98. The van der Waals surface area contributed by atoms with E-state index >= 15 is 0 Å². The number of ether oxygens (including phenoxy) is 1. The first-order valence-corrected chi connectivity index (χ1v) is 8.19. The van der Waals surface area contributed by atoms with Gasteiger partial charge in [0.15, 0.2) is 5.76 Å². The van der Waals surface area contributed by atoms with Crippen LogP contribution in [0.3, 0.4) is 0 Å². The molecule has 26 heavy (non-hydrogen) atoms. The Morgan fingerprint density at radius 3 is 2.50 bits per heavy atom. The molecule has 0 bridgehead atoms. The molecule has 0 amide bonds. The summed E-state index contributed by atoms with van der Waals surface area (Å²) in [6.45, 7) is 0.442. The molecule has 0 aliphatic carbocycles. The van der Waals surface area contributed by atoms with Gasteiger partial charge >= 0.3 is 0 Å². The van der Waals surface area contributed by atoms with Crippen LogP contribution < -0.4 is 4.74 Å². The zero-order valence-corrected chi connectivity index (χ0v) is 13.9. The predicted molar refractivity (Wildman–Crippen MR) is 95.3 cm³/mol. The lowest BCUT2D eigenvalue weighted by atomic mass is 10.1. The molecule has 0 aliphatic rings. The molecule has 0 aliphatic heterocycles. The Morgan fingerprint density at radius 1 is 0.885 bits per heavy atom. The molecule has 0 aromatic carbocycles. The molecule has 0 radical (unpaired) electrons. The quantitative estimate of drug-likeness (QED) is 0.531. The van der Waals surface area contributed by atoms with E-state index in [9.17, 15) is 0 Å². The van der Waals surface area contributed by atoms with Gasteiger partial charge in [-0.05, 0) is 23.8 Å². The summed E-state index contributed by atoms with van der Waals surface area (Å²) < 4.78 is 11.1. The molecule has 0 N–H and O–H groups in total. The molecular formula is C20H16N4O2. The van der Waals surface area contributed by atoms with Gasteiger partial charge in [0.2, 0.25) is 5.88 Å². The third-order valence-corrected chi connectivity index (χ3v) is 3.80. The second kappa shape index (κ2) is 7.57. The zero-order chi connectivity index (χ0) is 17.6. The molecule has 4 aromatic heterocycles. The molecule has 4 rings (SSSR count). The Hall–Kier alpha value is -3.54. The number of hydrogen-bond acceptors (Lipinski definition) is 6. The van der Waals surface area contributed by atoms with Gasteiger partial charge in [-0.15, -0.1) is 0 Å². The highest BCUT2D eigenvalue weighted by Gasteiger charge is 2.08. The van der Waals surface area contributed by atoms with Crippen molar-refractivity contribution in [2.45, 2.75) is 13.0 Å². The van der Waals surface area contributed by atoms with E-state index in [-0.39, 0.29) is 0 Å². The van der Waals surface area contributed by atoms with Crippen molar-refractivity contribution in [3.63, 3.8) is 0 Å². The van der Waals surface area contributed by atoms with E-state index in [4.69, 9.17) is 9.26 Å². The molecule has 6 heteroatoms. The van der Waals surface area contributed by atoms with Crippen molar-refractivity contribution in [3.8, 4) is 17.2 Å². The molecule has 0 saturated carbocycles. The van der Waals surface area contributed by atoms with Crippen molar-refractivity contribution in [1.82, 2.24) is 20.1 Å². The van der Waals surface area contributed by atoms with Gasteiger partial charge in [-0.2, -0.15) is 0 Å². The molecule has 0 fully saturated rings. The first kappa shape index (κ1) is 16.0. The lowest BCUT2D eigenvalue weighted by Gasteiger charge is -2.05. The van der Waals surface area contributed by atoms with Crippen LogP contribution in [0.2, 0.25) is 0 Å². The Morgan fingerprint density at radius 2 is 1.77 bits per heavy atom. The predicted octanol–water partition coefficient (Wildman–Crippen LogP) is 3.70. The van der Waals surface area contributed by atoms with E-state index in [1.807, 2.05) is 42.5 Å². The number of aromatic nitrogens is 4. The van der Waals surface area contributed by atoms with Gasteiger partial charge in [0.05, 0.1) is 5.69 Å². The first-order chi connectivity index (χ1) is 12.9. The molecular weight excluding hydrogens is 328 g/mol. The van der Waals surface area contributed by atoms with Crippen LogP contribution >= 0.6 is 0 Å². The van der Waals surface area contributed by atoms with Gasteiger partial charge in [0, 0.05) is 60.7 Å². The van der Waals surface area contributed by atoms with Crippen LogP contribution in [0, 0.1) is 0 Å². The summed E-state index contributed by atoms with van der Waals surface area (Å²) >= 11 is 0. The minimum Gasteiger partial charge on any atom is -0.473 e. The normalized spacial score (nSPS) is 10.6. The van der Waals surface area contributed by atoms with Gasteiger partial charge in [-0.1, -0.05) is 17.3 Å². The summed E-state index contributed by atoms with van der Waals surface area (Å²) in [6.07, 6.45) is 9.42. The maximum absolute atomic E-state index is 5.67. The number of hydrogen-bond donors (Lipinski definition) is 0. The smallest absolute Gasteiger partial charge is 0.213 e. The number of pyridine rings is 3. The Labute approximate surface area is 150 Å². The average molecular weight is 344 g/mol. The van der Waals surface area contributed by atoms with E-state index in [1.165, 1.54) is 0 Å². The third-order valence-electron chi connectivity index (χ3n) is 3.80. The van der Waals surface area contributed by atoms with Crippen LogP contribution in [0.1, 0.15) is 16.8 Å². The fourth-order valence-corrected chi connectivity index (χ4v) is 2.49. The second-order valence-corrected chi connectivity index (χ2v) is 5.76. The summed E-state index contributed by atoms with van der Waals surface area (Å²) in [5.41, 5.74) is 3.78. The first-order valence-electron chi connectivity index (χ1n) is 8.19. The van der Waals surface area contributed by atoms with E-state index in [0.29, 0.717) is 24.7 Å². The summed E-state index contributed by atoms with van der Waals surface area (Å²) in [7, 11) is 0. The van der Waals surface area contributed by atoms with Gasteiger partial charge < -0.3 is 9.26 Å². The molecule has 4 heterocycles. The van der Waals surface area contributed by atoms with Gasteiger partial charge in [0.25, 0.3) is 0 Å². The van der Waals surface area contributed by atoms with Crippen molar-refractivity contribution in [2.24, 2.45) is 0 Å². The highest BCUT2D eigenvalue weighted by atomic mass is 16.5. The highest BCUT2D eigenvalue weighted by molar-refractivity contribution is 5.55. The molecule has 4 aromatic rings. The van der Waals surface area contributed by atoms with Crippen LogP contribution in [0.4, 0.5) is 0 Å². The fourth-order valence-electron chi connectivity index (χ4n) is 2.49. The maximum atomic E-state index is 5.67. The topological polar surface area (TPSA) is 73.9 Å². The SMILES string of the molecule is c1cncc(COc2ccc(Cc3cc(-c4cccnc4)on3)cn2)c1. The molecule has 6 nitrogen and oxygen atoms in total. The Bertz CT molecular complexity index is 954. The van der Waals surface area contributed by atoms with Crippen molar-refractivity contribution < 1.29 is 9.26 Å². The summed E-state index contributed by atoms with van der Waals surface area (Å²) in [5.74, 6) is 1.28. The maximum Gasteiger partial charge on any atom is 0.213 e. The van der Waals surface area contributed by atoms with Crippen molar-refractivity contribution in [2.75, 3.05) is 0 Å². The monoisotopic (exact) mass is 344 g/mol. The summed E-state index contributed by atoms with van der Waals surface area (Å²) in [5, 5.41) is 4.12. The van der Waals surface area contributed by atoms with Crippen molar-refractivity contribution in [3.05, 3.63) is 90.3 Å². The largest absolute Gasteiger partial charge is 0.473 e. The standard InChI is InChI=1S/C20H16N4O2/c1-3-16(11-21-7-1)14-25-20-6-5-15(12-23-20)9-18-10-19(26-24-18)17-4-2-8-22-13-17/h1-8,10-13H,9,14H2. The molecule has 0 atom stereocenters. The minimum atomic E-state index is 0.442. The van der Waals surface area contributed by atoms with Crippen molar-refractivity contribution >= 4 is 0 Å². The summed E-state index contributed by atoms with van der Waals surface area (Å²) in [6, 6.07) is 13.4. The zero-order valence-electron chi connectivity index (χ0n) is 13.9. The molecule has 0 spiro atoms. The third kappa shape index (κ3) is 3.92. The Kier molecular flexibility index (Phi) is 4.64. The van der Waals surface area contributed by atoms with Gasteiger partial charge in [0.1, 0.15) is 6.61 Å². The van der Waals surface area contributed by atoms with E-state index in [0.717, 1.165) is 22.4 Å². The van der Waals surface area contributed by atoms with Crippen LogP contribution in [-0.4, -0.2) is 20.1 Å². The molecule has 128 valence electrons. The van der Waals surface area contributed by atoms with Crippen LogP contribution in [0.5, 0.6) is 5.88 Å². The number of rotatable bonds is 6. The lowest BCUT2D eigenvalue weighted by molar-refractivity contribution is 0.293. The van der Waals surface area contributed by atoms with Gasteiger partial charge in [-0.3, -0.25) is 9.97 Å². The minimum absolute atomic E-state index is 0.442. The average Bonchev–Trinajstić information content (AvgIpc) is 3.17. The Balaban J connectivity index is 1.38. The molecule has 0 unspecified atom stereocenters. The molecule has 0 saturated heterocycles. The van der Waals surface area contributed by atoms with Crippen LogP contribution in [0.25, 0.3) is 11.3 Å². The number of nitrogens with zero attached hydrogens (tertiary/aromatic N) is 4. The van der Waals surface area contributed by atoms with E-state index in [2.05, 4.69) is 20.1 Å². The van der Waals surface area contributed by atoms with Gasteiger partial charge in [-0.25, -0.2) is 4.98 Å². The fraction of sp³-hybridized carbons (Fsp3) is 0.100. The van der Waals surface area contributed by atoms with Crippen LogP contribution in [-0.2, 0) is 13.0 Å². The highest BCUT2D eigenvalue weighted by Crippen LogP contribution is 2.20.